The Morgan fingerprint density at radius 2 is 1.12 bits per heavy atom. The molecule has 204 valence electrons. The van der Waals surface area contributed by atoms with E-state index in [1.165, 1.54) is 16.9 Å². The molecule has 0 bridgehead atoms. The molecular formula is C39H28N4. The maximum atomic E-state index is 4.81. The van der Waals surface area contributed by atoms with Crippen LogP contribution in [0.3, 0.4) is 0 Å². The van der Waals surface area contributed by atoms with Crippen molar-refractivity contribution in [3.63, 3.8) is 0 Å². The number of rotatable bonds is 5. The van der Waals surface area contributed by atoms with Gasteiger partial charge < -0.3 is 4.90 Å². The molecular weight excluding hydrogens is 524 g/mol. The molecule has 0 saturated heterocycles. The van der Waals surface area contributed by atoms with Crippen LogP contribution in [0.1, 0.15) is 12.0 Å². The Labute approximate surface area is 250 Å². The Bertz CT molecular complexity index is 2060. The molecule has 6 aromatic rings. The Kier molecular flexibility index (Phi) is 5.06. The van der Waals surface area contributed by atoms with E-state index >= 15 is 0 Å². The fourth-order valence-corrected chi connectivity index (χ4v) is 7.40. The van der Waals surface area contributed by atoms with Gasteiger partial charge in [0.15, 0.2) is 11.6 Å². The van der Waals surface area contributed by atoms with E-state index in [1.807, 2.05) is 24.3 Å². The molecule has 2 unspecified atom stereocenters. The number of allylic oxidation sites excluding steroid dienone is 2. The number of anilines is 2. The molecule has 1 aromatic heterocycles. The molecule has 0 amide bonds. The molecule has 2 atom stereocenters. The lowest BCUT2D eigenvalue weighted by Gasteiger charge is -2.30. The summed E-state index contributed by atoms with van der Waals surface area (Å²) in [4.78, 5) is 2.54. The highest BCUT2D eigenvalue weighted by Crippen LogP contribution is 2.72. The molecule has 0 radical (unpaired) electrons. The summed E-state index contributed by atoms with van der Waals surface area (Å²) in [6, 6.07) is 47.1. The van der Waals surface area contributed by atoms with Crippen LogP contribution in [0.25, 0.3) is 39.6 Å². The number of hydrogen-bond acceptors (Lipinski definition) is 3. The highest BCUT2D eigenvalue weighted by molar-refractivity contribution is 5.86. The summed E-state index contributed by atoms with van der Waals surface area (Å²) in [6.45, 7) is 0. The van der Waals surface area contributed by atoms with E-state index in [0.29, 0.717) is 0 Å². The van der Waals surface area contributed by atoms with Gasteiger partial charge in [0.2, 0.25) is 0 Å². The van der Waals surface area contributed by atoms with Gasteiger partial charge in [0, 0.05) is 33.6 Å². The van der Waals surface area contributed by atoms with E-state index in [9.17, 15) is 0 Å². The normalized spacial score (nSPS) is 20.9. The first-order valence-electron chi connectivity index (χ1n) is 14.8. The van der Waals surface area contributed by atoms with E-state index < -0.39 is 0 Å². The van der Waals surface area contributed by atoms with E-state index in [-0.39, 0.29) is 11.0 Å². The Morgan fingerprint density at radius 1 is 0.512 bits per heavy atom. The second kappa shape index (κ2) is 9.01. The van der Waals surface area contributed by atoms with Crippen molar-refractivity contribution in [3.05, 3.63) is 163 Å². The van der Waals surface area contributed by atoms with E-state index in [4.69, 9.17) is 10.2 Å². The standard InChI is InChI=1S/C39H28N4/c1-3-13-28(14-4-1)32-17-7-8-18-33(32)37-41-40-36(29-15-5-2-6-16-29)42(37)30-21-23-31(24-22-30)43-35-20-10-9-19-34(35)38-25-11-12-26-39(38,43)27-38/h1-26H,27H2. The van der Waals surface area contributed by atoms with Crippen LogP contribution in [0.5, 0.6) is 0 Å². The van der Waals surface area contributed by atoms with Gasteiger partial charge >= 0.3 is 0 Å². The average molecular weight is 553 g/mol. The Morgan fingerprint density at radius 3 is 1.91 bits per heavy atom. The topological polar surface area (TPSA) is 34.0 Å². The van der Waals surface area contributed by atoms with Crippen LogP contribution < -0.4 is 4.90 Å². The molecule has 0 N–H and O–H groups in total. The molecule has 4 nitrogen and oxygen atoms in total. The molecule has 0 spiro atoms. The van der Waals surface area contributed by atoms with Crippen molar-refractivity contribution >= 4 is 11.4 Å². The van der Waals surface area contributed by atoms with Gasteiger partial charge in [0.25, 0.3) is 0 Å². The first-order valence-corrected chi connectivity index (χ1v) is 14.8. The van der Waals surface area contributed by atoms with Gasteiger partial charge in [-0.3, -0.25) is 4.57 Å². The fraction of sp³-hybridized carbons (Fsp3) is 0.0769. The van der Waals surface area contributed by atoms with Crippen LogP contribution in [-0.4, -0.2) is 20.3 Å². The third-order valence-corrected chi connectivity index (χ3v) is 9.40. The second-order valence-electron chi connectivity index (χ2n) is 11.6. The van der Waals surface area contributed by atoms with Gasteiger partial charge in [-0.2, -0.15) is 0 Å². The smallest absolute Gasteiger partial charge is 0.169 e. The van der Waals surface area contributed by atoms with Crippen molar-refractivity contribution in [1.82, 2.24) is 14.8 Å². The molecule has 2 aliphatic carbocycles. The van der Waals surface area contributed by atoms with Crippen LogP contribution >= 0.6 is 0 Å². The minimum atomic E-state index is -0.0293. The predicted molar refractivity (Wildman–Crippen MR) is 174 cm³/mol. The van der Waals surface area contributed by atoms with Crippen LogP contribution in [-0.2, 0) is 5.41 Å². The number of para-hydroxylation sites is 1. The third kappa shape index (κ3) is 3.38. The van der Waals surface area contributed by atoms with Gasteiger partial charge in [0.05, 0.1) is 5.54 Å². The van der Waals surface area contributed by atoms with Crippen molar-refractivity contribution in [2.24, 2.45) is 0 Å². The molecule has 9 rings (SSSR count). The van der Waals surface area contributed by atoms with Gasteiger partial charge in [-0.1, -0.05) is 127 Å². The molecule has 1 aliphatic heterocycles. The van der Waals surface area contributed by atoms with Crippen molar-refractivity contribution in [1.29, 1.82) is 0 Å². The van der Waals surface area contributed by atoms with Crippen molar-refractivity contribution in [3.8, 4) is 39.6 Å². The van der Waals surface area contributed by atoms with Gasteiger partial charge in [-0.25, -0.2) is 0 Å². The summed E-state index contributed by atoms with van der Waals surface area (Å²) < 4.78 is 2.20. The van der Waals surface area contributed by atoms with Crippen LogP contribution in [0.2, 0.25) is 0 Å². The number of benzene rings is 5. The monoisotopic (exact) mass is 552 g/mol. The SMILES string of the molecule is C1=CC23CC2(C=C1)N(c1ccc(-n2c(-c4ccccc4)nnc2-c2ccccc2-c2ccccc2)cc1)c1ccccc13. The van der Waals surface area contributed by atoms with E-state index in [0.717, 1.165) is 46.0 Å². The summed E-state index contributed by atoms with van der Waals surface area (Å²) in [5.74, 6) is 1.63. The van der Waals surface area contributed by atoms with Gasteiger partial charge in [-0.05, 0) is 53.4 Å². The maximum absolute atomic E-state index is 4.81. The Hall–Kier alpha value is -5.48. The summed E-state index contributed by atoms with van der Waals surface area (Å²) in [6.07, 6.45) is 10.3. The summed E-state index contributed by atoms with van der Waals surface area (Å²) in [5.41, 5.74) is 9.32. The molecule has 1 fully saturated rings. The maximum Gasteiger partial charge on any atom is 0.169 e. The van der Waals surface area contributed by atoms with E-state index in [2.05, 4.69) is 143 Å². The van der Waals surface area contributed by atoms with Gasteiger partial charge in [-0.15, -0.1) is 10.2 Å². The highest BCUT2D eigenvalue weighted by atomic mass is 15.3. The minimum Gasteiger partial charge on any atom is -0.330 e. The fourth-order valence-electron chi connectivity index (χ4n) is 7.40. The quantitative estimate of drug-likeness (QED) is 0.214. The average Bonchev–Trinajstić information content (AvgIpc) is 3.46. The minimum absolute atomic E-state index is 0.0293. The molecule has 1 saturated carbocycles. The van der Waals surface area contributed by atoms with Crippen molar-refractivity contribution in [2.75, 3.05) is 4.90 Å². The lowest BCUT2D eigenvalue weighted by molar-refractivity contribution is 0.740. The molecule has 4 heteroatoms. The first-order chi connectivity index (χ1) is 21.3. The summed E-state index contributed by atoms with van der Waals surface area (Å²) in [7, 11) is 0. The molecule has 43 heavy (non-hydrogen) atoms. The molecule has 2 heterocycles. The predicted octanol–water partition coefficient (Wildman–Crippen LogP) is 8.93. The van der Waals surface area contributed by atoms with E-state index in [1.54, 1.807) is 0 Å². The zero-order valence-electron chi connectivity index (χ0n) is 23.5. The van der Waals surface area contributed by atoms with Crippen LogP contribution in [0.4, 0.5) is 11.4 Å². The largest absolute Gasteiger partial charge is 0.330 e. The lowest BCUT2D eigenvalue weighted by Crippen LogP contribution is -2.33. The van der Waals surface area contributed by atoms with Crippen LogP contribution in [0.15, 0.2) is 158 Å². The first kappa shape index (κ1) is 24.2. The summed E-state index contributed by atoms with van der Waals surface area (Å²) >= 11 is 0. The molecule has 5 aromatic carbocycles. The van der Waals surface area contributed by atoms with Crippen LogP contribution in [0, 0.1) is 0 Å². The number of fused-ring (bicyclic) bond motifs is 1. The van der Waals surface area contributed by atoms with Gasteiger partial charge in [0.1, 0.15) is 0 Å². The zero-order valence-corrected chi connectivity index (χ0v) is 23.5. The van der Waals surface area contributed by atoms with Crippen molar-refractivity contribution in [2.45, 2.75) is 17.4 Å². The number of hydrogen-bond donors (Lipinski definition) is 0. The molecule has 3 aliphatic rings. The zero-order chi connectivity index (χ0) is 28.4. The second-order valence-corrected chi connectivity index (χ2v) is 11.6. The summed E-state index contributed by atoms with van der Waals surface area (Å²) in [5, 5.41) is 9.57. The van der Waals surface area contributed by atoms with Crippen molar-refractivity contribution < 1.29 is 0 Å². The number of aromatic nitrogens is 3. The third-order valence-electron chi connectivity index (χ3n) is 9.40. The number of nitrogens with zero attached hydrogens (tertiary/aromatic N) is 4. The lowest BCUT2D eigenvalue weighted by atomic mass is 9.90. The Balaban J connectivity index is 1.20. The highest BCUT2D eigenvalue weighted by Gasteiger charge is 2.74.